The number of ether oxygens (including phenoxy) is 2. The number of hydrogen-bond donors (Lipinski definition) is 4. The van der Waals surface area contributed by atoms with Crippen LogP contribution < -0.4 is 10.8 Å². The number of benzene rings is 2. The van der Waals surface area contributed by atoms with E-state index in [2.05, 4.69) is 10.2 Å². The maximum Gasteiger partial charge on any atom is 0.243 e. The molecule has 2 aromatic rings. The van der Waals surface area contributed by atoms with E-state index in [0.717, 1.165) is 49.2 Å². The van der Waals surface area contributed by atoms with Crippen LogP contribution >= 0.6 is 0 Å². The Morgan fingerprint density at radius 3 is 2.10 bits per heavy atom. The zero-order valence-corrected chi connectivity index (χ0v) is 23.9. The monoisotopic (exact) mass is 567 g/mol. The van der Waals surface area contributed by atoms with Crippen LogP contribution in [0.25, 0.3) is 0 Å². The number of aliphatic hydroxyl groups excluding tert-OH is 1. The van der Waals surface area contributed by atoms with Gasteiger partial charge >= 0.3 is 0 Å². The van der Waals surface area contributed by atoms with Crippen LogP contribution in [0.15, 0.2) is 48.5 Å². The topological polar surface area (TPSA) is 120 Å². The highest BCUT2D eigenvalue weighted by Gasteiger charge is 2.33. The van der Waals surface area contributed by atoms with Crippen LogP contribution in [-0.4, -0.2) is 52.8 Å². The average Bonchev–Trinajstić information content (AvgIpc) is 2.98. The zero-order chi connectivity index (χ0) is 28.9. The van der Waals surface area contributed by atoms with E-state index in [9.17, 15) is 14.7 Å². The second kappa shape index (κ2) is 16.6. The predicted molar refractivity (Wildman–Crippen MR) is 156 cm³/mol. The molecule has 2 heterocycles. The minimum absolute atomic E-state index is 0.0152. The summed E-state index contributed by atoms with van der Waals surface area (Å²) in [6.45, 7) is 3.10. The van der Waals surface area contributed by atoms with Gasteiger partial charge in [0.25, 0.3) is 0 Å². The fraction of sp³-hybridized carbons (Fsp3) is 0.562. The molecule has 224 valence electrons. The molecule has 0 aromatic heterocycles. The van der Waals surface area contributed by atoms with Gasteiger partial charge in [0.2, 0.25) is 11.8 Å². The van der Waals surface area contributed by atoms with Crippen molar-refractivity contribution in [3.63, 3.8) is 0 Å². The number of carbonyl (C=O) groups is 2. The normalized spacial score (nSPS) is 22.0. The Kier molecular flexibility index (Phi) is 12.6. The van der Waals surface area contributed by atoms with Crippen LogP contribution in [0.5, 0.6) is 0 Å². The van der Waals surface area contributed by atoms with E-state index in [1.165, 1.54) is 32.1 Å². The molecule has 0 bridgehead atoms. The first-order valence-corrected chi connectivity index (χ1v) is 15.1. The van der Waals surface area contributed by atoms with E-state index in [-0.39, 0.29) is 31.1 Å². The first-order valence-electron chi connectivity index (χ1n) is 15.1. The van der Waals surface area contributed by atoms with Gasteiger partial charge in [-0.15, -0.1) is 0 Å². The van der Waals surface area contributed by atoms with Gasteiger partial charge in [-0.25, -0.2) is 5.48 Å². The molecule has 3 atom stereocenters. The summed E-state index contributed by atoms with van der Waals surface area (Å²) in [7, 11) is 0. The summed E-state index contributed by atoms with van der Waals surface area (Å²) in [5, 5.41) is 20.9. The van der Waals surface area contributed by atoms with E-state index < -0.39 is 12.2 Å². The number of rotatable bonds is 12. The summed E-state index contributed by atoms with van der Waals surface area (Å²) in [5.74, 6) is -0.482. The van der Waals surface area contributed by atoms with Crippen LogP contribution in [-0.2, 0) is 25.7 Å². The second-order valence-electron chi connectivity index (χ2n) is 11.2. The summed E-state index contributed by atoms with van der Waals surface area (Å²) in [4.78, 5) is 26.0. The number of nitrogens with zero attached hydrogens (tertiary/aromatic N) is 1. The molecular formula is C32H45N3O6. The lowest BCUT2D eigenvalue weighted by molar-refractivity contribution is -0.253. The number of aliphatic hydroxyl groups is 1. The van der Waals surface area contributed by atoms with Crippen LogP contribution in [0.3, 0.4) is 0 Å². The lowest BCUT2D eigenvalue weighted by Gasteiger charge is -2.38. The van der Waals surface area contributed by atoms with E-state index in [1.807, 2.05) is 48.5 Å². The average molecular weight is 568 g/mol. The Balaban J connectivity index is 1.36. The number of nitrogens with one attached hydrogen (secondary N) is 2. The van der Waals surface area contributed by atoms with Crippen molar-refractivity contribution >= 4 is 17.5 Å². The quantitative estimate of drug-likeness (QED) is 0.154. The first kappa shape index (κ1) is 31.1. The van der Waals surface area contributed by atoms with Gasteiger partial charge in [0.15, 0.2) is 6.29 Å². The van der Waals surface area contributed by atoms with E-state index in [1.54, 1.807) is 5.48 Å². The molecule has 0 aliphatic carbocycles. The largest absolute Gasteiger partial charge is 0.392 e. The number of unbranched alkanes of at least 4 members (excludes halogenated alkanes) is 2. The number of hydroxylamine groups is 1. The van der Waals surface area contributed by atoms with E-state index >= 15 is 0 Å². The fourth-order valence-corrected chi connectivity index (χ4v) is 5.57. The summed E-state index contributed by atoms with van der Waals surface area (Å²) < 4.78 is 13.0. The Morgan fingerprint density at radius 1 is 0.805 bits per heavy atom. The number of amides is 2. The standard InChI is InChI=1S/C32H45N3O6/c36-23-24-11-13-25(14-12-24)29-21-28(22-35-19-7-2-1-3-8-20-35)40-32(41-29)26-15-17-27(18-16-26)33-30(37)9-5-4-6-10-31(38)34-39/h11-18,28-29,32,36,39H,1-10,19-23H2,(H,33,37)(H,34,38)/t28-,29+,32+/m1/s1. The predicted octanol–water partition coefficient (Wildman–Crippen LogP) is 5.38. The van der Waals surface area contributed by atoms with Crippen molar-refractivity contribution in [1.82, 2.24) is 10.4 Å². The van der Waals surface area contributed by atoms with Crippen LogP contribution in [0.4, 0.5) is 5.69 Å². The lowest BCUT2D eigenvalue weighted by Crippen LogP contribution is -2.40. The van der Waals surface area contributed by atoms with Gasteiger partial charge in [0, 0.05) is 37.1 Å². The van der Waals surface area contributed by atoms with Gasteiger partial charge < -0.3 is 24.8 Å². The highest BCUT2D eigenvalue weighted by molar-refractivity contribution is 5.90. The van der Waals surface area contributed by atoms with E-state index in [4.69, 9.17) is 14.7 Å². The maximum atomic E-state index is 12.4. The molecule has 4 rings (SSSR count). The van der Waals surface area contributed by atoms with Gasteiger partial charge in [-0.3, -0.25) is 14.8 Å². The lowest BCUT2D eigenvalue weighted by atomic mass is 9.99. The fourth-order valence-electron chi connectivity index (χ4n) is 5.57. The Labute approximate surface area is 243 Å². The minimum Gasteiger partial charge on any atom is -0.392 e. The number of hydrogen-bond acceptors (Lipinski definition) is 7. The van der Waals surface area contributed by atoms with Crippen molar-refractivity contribution < 1.29 is 29.4 Å². The van der Waals surface area contributed by atoms with Crippen molar-refractivity contribution in [3.8, 4) is 0 Å². The molecule has 9 heteroatoms. The molecule has 2 aromatic carbocycles. The molecular weight excluding hydrogens is 522 g/mol. The van der Waals surface area contributed by atoms with Crippen molar-refractivity contribution in [2.24, 2.45) is 0 Å². The highest BCUT2D eigenvalue weighted by Crippen LogP contribution is 2.38. The van der Waals surface area contributed by atoms with Crippen molar-refractivity contribution in [1.29, 1.82) is 0 Å². The Hall–Kier alpha value is -2.82. The van der Waals surface area contributed by atoms with Gasteiger partial charge in [-0.1, -0.05) is 62.1 Å². The minimum atomic E-state index is -0.521. The smallest absolute Gasteiger partial charge is 0.243 e. The molecule has 2 aliphatic heterocycles. The molecule has 2 amide bonds. The van der Waals surface area contributed by atoms with Gasteiger partial charge in [-0.05, 0) is 62.0 Å². The Bertz CT molecular complexity index is 1070. The van der Waals surface area contributed by atoms with Crippen molar-refractivity contribution in [3.05, 3.63) is 65.2 Å². The van der Waals surface area contributed by atoms with Crippen molar-refractivity contribution in [2.75, 3.05) is 25.0 Å². The highest BCUT2D eigenvalue weighted by atomic mass is 16.7. The third kappa shape index (κ3) is 10.2. The van der Waals surface area contributed by atoms with Gasteiger partial charge in [0.1, 0.15) is 0 Å². The SMILES string of the molecule is O=C(CCCCCC(=O)Nc1ccc([C@H]2O[C@@H](CN3CCCCCCC3)C[C@@H](c3ccc(CO)cc3)O2)cc1)NO. The molecule has 2 aliphatic rings. The second-order valence-corrected chi connectivity index (χ2v) is 11.2. The van der Waals surface area contributed by atoms with Crippen LogP contribution in [0.1, 0.15) is 99.7 Å². The third-order valence-corrected chi connectivity index (χ3v) is 7.92. The number of carbonyl (C=O) groups excluding carboxylic acids is 2. The molecule has 9 nitrogen and oxygen atoms in total. The maximum absolute atomic E-state index is 12.4. The summed E-state index contributed by atoms with van der Waals surface area (Å²) in [5.41, 5.74) is 5.19. The van der Waals surface area contributed by atoms with Gasteiger partial charge in [0.05, 0.1) is 18.8 Å². The Morgan fingerprint density at radius 2 is 1.44 bits per heavy atom. The third-order valence-electron chi connectivity index (χ3n) is 7.92. The van der Waals surface area contributed by atoms with E-state index in [0.29, 0.717) is 24.9 Å². The summed E-state index contributed by atoms with van der Waals surface area (Å²) >= 11 is 0. The van der Waals surface area contributed by atoms with Gasteiger partial charge in [-0.2, -0.15) is 0 Å². The summed E-state index contributed by atoms with van der Waals surface area (Å²) in [6, 6.07) is 15.6. The molecule has 0 spiro atoms. The molecule has 4 N–H and O–H groups in total. The van der Waals surface area contributed by atoms with Crippen LogP contribution in [0.2, 0.25) is 0 Å². The first-order chi connectivity index (χ1) is 20.0. The molecule has 0 unspecified atom stereocenters. The van der Waals surface area contributed by atoms with Crippen LogP contribution in [0, 0.1) is 0 Å². The van der Waals surface area contributed by atoms with Crippen molar-refractivity contribution in [2.45, 2.75) is 95.7 Å². The molecule has 2 fully saturated rings. The zero-order valence-electron chi connectivity index (χ0n) is 23.9. The number of anilines is 1. The molecule has 0 saturated carbocycles. The molecule has 41 heavy (non-hydrogen) atoms. The molecule has 2 saturated heterocycles. The molecule has 0 radical (unpaired) electrons. The number of likely N-dealkylation sites (tertiary alicyclic amines) is 1. The summed E-state index contributed by atoms with van der Waals surface area (Å²) in [6.07, 6.45) is 9.17.